The number of aromatic nitrogens is 2. The van der Waals surface area contributed by atoms with E-state index in [4.69, 9.17) is 9.73 Å². The normalized spacial score (nSPS) is 18.8. The van der Waals surface area contributed by atoms with Crippen molar-refractivity contribution in [1.29, 1.82) is 0 Å². The lowest BCUT2D eigenvalue weighted by Crippen LogP contribution is -2.43. The van der Waals surface area contributed by atoms with Crippen LogP contribution in [0.5, 0.6) is 5.75 Å². The fourth-order valence-electron chi connectivity index (χ4n) is 4.66. The number of benzene rings is 2. The van der Waals surface area contributed by atoms with Crippen molar-refractivity contribution in [2.24, 2.45) is 25.0 Å². The number of aliphatic imine (C=N–C) groups is 1. The fraction of sp³-hybridized carbons (Fsp3) is 0.250. The zero-order chi connectivity index (χ0) is 21.9. The third-order valence-corrected chi connectivity index (χ3v) is 6.13. The topological polar surface area (TPSA) is 82.7 Å². The highest BCUT2D eigenvalue weighted by Crippen LogP contribution is 2.46. The maximum Gasteiger partial charge on any atom is 0.332 e. The number of rotatable bonds is 3. The number of ether oxygens (including phenoxy) is 1. The predicted octanol–water partition coefficient (Wildman–Crippen LogP) is 2.56. The lowest BCUT2D eigenvalue weighted by Gasteiger charge is -2.30. The average molecular weight is 415 g/mol. The third-order valence-electron chi connectivity index (χ3n) is 6.13. The Morgan fingerprint density at radius 3 is 2.26 bits per heavy atom. The molecule has 2 atom stereocenters. The summed E-state index contributed by atoms with van der Waals surface area (Å²) in [5.41, 5.74) is 2.25. The van der Waals surface area contributed by atoms with Crippen molar-refractivity contribution in [1.82, 2.24) is 9.13 Å². The summed E-state index contributed by atoms with van der Waals surface area (Å²) in [6, 6.07) is 14.8. The molecule has 7 heteroatoms. The van der Waals surface area contributed by atoms with Gasteiger partial charge in [-0.15, -0.1) is 0 Å². The molecule has 0 fully saturated rings. The minimum Gasteiger partial charge on any atom is -0.494 e. The van der Waals surface area contributed by atoms with Crippen LogP contribution in [0, 0.1) is 5.92 Å². The van der Waals surface area contributed by atoms with E-state index < -0.39 is 23.1 Å². The van der Waals surface area contributed by atoms with E-state index in [1.807, 2.05) is 49.4 Å². The number of ketones is 1. The van der Waals surface area contributed by atoms with E-state index in [2.05, 4.69) is 0 Å². The van der Waals surface area contributed by atoms with Crippen LogP contribution in [0.25, 0.3) is 0 Å². The standard InChI is InChI=1S/C24H21N3O4/c1-4-31-14-11-9-13(10-12-14)17-18-20(15-7-5-6-8-16(15)21(18)28)25-22-19(17)23(29)27(3)24(30)26(22)2/h5-12,17-18H,4H2,1-3H3/t17-,18-/m0/s1. The summed E-state index contributed by atoms with van der Waals surface area (Å²) in [6.45, 7) is 2.45. The molecule has 0 unspecified atom stereocenters. The molecule has 2 aromatic carbocycles. The van der Waals surface area contributed by atoms with E-state index in [1.165, 1.54) is 11.6 Å². The van der Waals surface area contributed by atoms with Crippen LogP contribution >= 0.6 is 0 Å². The van der Waals surface area contributed by atoms with Crippen LogP contribution in [0.4, 0.5) is 5.82 Å². The van der Waals surface area contributed by atoms with Crippen LogP contribution < -0.4 is 16.0 Å². The second-order valence-electron chi connectivity index (χ2n) is 7.81. The second-order valence-corrected chi connectivity index (χ2v) is 7.81. The molecule has 0 radical (unpaired) electrons. The minimum atomic E-state index is -0.618. The highest BCUT2D eigenvalue weighted by atomic mass is 16.5. The van der Waals surface area contributed by atoms with Crippen molar-refractivity contribution in [3.63, 3.8) is 0 Å². The van der Waals surface area contributed by atoms with E-state index in [1.54, 1.807) is 13.1 Å². The first-order valence-corrected chi connectivity index (χ1v) is 10.2. The molecule has 0 saturated heterocycles. The number of Topliss-reactive ketones (excluding diaryl/α,β-unsaturated/α-hetero) is 1. The molecule has 2 heterocycles. The number of carbonyl (C=O) groups is 1. The molecule has 0 amide bonds. The van der Waals surface area contributed by atoms with Crippen molar-refractivity contribution in [2.75, 3.05) is 6.61 Å². The van der Waals surface area contributed by atoms with Crippen LogP contribution in [-0.4, -0.2) is 27.2 Å². The van der Waals surface area contributed by atoms with Gasteiger partial charge in [0.25, 0.3) is 5.56 Å². The van der Waals surface area contributed by atoms with Crippen molar-refractivity contribution in [3.05, 3.63) is 91.6 Å². The Hall–Kier alpha value is -3.74. The maximum atomic E-state index is 13.5. The van der Waals surface area contributed by atoms with Crippen LogP contribution in [0.3, 0.4) is 0 Å². The predicted molar refractivity (Wildman–Crippen MR) is 117 cm³/mol. The Kier molecular flexibility index (Phi) is 4.28. The Morgan fingerprint density at radius 2 is 1.58 bits per heavy atom. The molecule has 0 saturated carbocycles. The van der Waals surface area contributed by atoms with Gasteiger partial charge in [-0.1, -0.05) is 36.4 Å². The summed E-state index contributed by atoms with van der Waals surface area (Å²) in [5, 5.41) is 0. The van der Waals surface area contributed by atoms with E-state index in [9.17, 15) is 14.4 Å². The first kappa shape index (κ1) is 19.2. The fourth-order valence-corrected chi connectivity index (χ4v) is 4.66. The molecule has 0 spiro atoms. The monoisotopic (exact) mass is 415 g/mol. The van der Waals surface area contributed by atoms with Gasteiger partial charge >= 0.3 is 5.69 Å². The van der Waals surface area contributed by atoms with Gasteiger partial charge < -0.3 is 4.74 Å². The summed E-state index contributed by atoms with van der Waals surface area (Å²) in [6.07, 6.45) is 0. The highest BCUT2D eigenvalue weighted by molar-refractivity contribution is 6.30. The lowest BCUT2D eigenvalue weighted by molar-refractivity contribution is 0.0953. The molecular weight excluding hydrogens is 394 g/mol. The van der Waals surface area contributed by atoms with Gasteiger partial charge in [0.05, 0.1) is 23.8 Å². The summed E-state index contributed by atoms with van der Waals surface area (Å²) >= 11 is 0. The summed E-state index contributed by atoms with van der Waals surface area (Å²) in [4.78, 5) is 44.0. The van der Waals surface area contributed by atoms with Crippen molar-refractivity contribution in [2.45, 2.75) is 12.8 Å². The van der Waals surface area contributed by atoms with E-state index in [0.29, 0.717) is 35.0 Å². The molecule has 5 rings (SSSR count). The van der Waals surface area contributed by atoms with Crippen molar-refractivity contribution in [3.8, 4) is 5.75 Å². The number of fused-ring (bicyclic) bond motifs is 4. The van der Waals surface area contributed by atoms with Crippen LogP contribution in [-0.2, 0) is 14.1 Å². The molecule has 3 aromatic rings. The molecule has 156 valence electrons. The van der Waals surface area contributed by atoms with Gasteiger partial charge in [-0.3, -0.25) is 18.7 Å². The van der Waals surface area contributed by atoms with Gasteiger partial charge in [-0.2, -0.15) is 0 Å². The molecular formula is C24H21N3O4. The first-order valence-electron chi connectivity index (χ1n) is 10.2. The summed E-state index contributed by atoms with van der Waals surface area (Å²) in [5.74, 6) is -0.209. The number of hydrogen-bond acceptors (Lipinski definition) is 5. The maximum absolute atomic E-state index is 13.5. The quantitative estimate of drug-likeness (QED) is 0.658. The van der Waals surface area contributed by atoms with E-state index in [-0.39, 0.29) is 5.78 Å². The second kappa shape index (κ2) is 6.91. The Balaban J connectivity index is 1.82. The Labute approximate surface area is 178 Å². The zero-order valence-electron chi connectivity index (χ0n) is 17.5. The van der Waals surface area contributed by atoms with E-state index in [0.717, 1.165) is 15.7 Å². The van der Waals surface area contributed by atoms with Gasteiger partial charge in [-0.25, -0.2) is 9.79 Å². The lowest BCUT2D eigenvalue weighted by atomic mass is 9.76. The smallest absolute Gasteiger partial charge is 0.332 e. The summed E-state index contributed by atoms with van der Waals surface area (Å²) in [7, 11) is 3.05. The molecule has 2 aliphatic rings. The molecule has 1 aliphatic heterocycles. The number of carbonyl (C=O) groups excluding carboxylic acids is 1. The Morgan fingerprint density at radius 1 is 0.903 bits per heavy atom. The third kappa shape index (κ3) is 2.66. The molecule has 0 N–H and O–H groups in total. The van der Waals surface area contributed by atoms with Crippen molar-refractivity contribution >= 4 is 17.3 Å². The van der Waals surface area contributed by atoms with Gasteiger partial charge in [0.1, 0.15) is 11.6 Å². The molecule has 1 aliphatic carbocycles. The van der Waals surface area contributed by atoms with Gasteiger partial charge in [0, 0.05) is 31.1 Å². The largest absolute Gasteiger partial charge is 0.494 e. The summed E-state index contributed by atoms with van der Waals surface area (Å²) < 4.78 is 8.01. The minimum absolute atomic E-state index is 0.0604. The number of nitrogens with zero attached hydrogens (tertiary/aromatic N) is 3. The van der Waals surface area contributed by atoms with Crippen LogP contribution in [0.2, 0.25) is 0 Å². The molecule has 7 nitrogen and oxygen atoms in total. The Bertz CT molecular complexity index is 1380. The molecule has 31 heavy (non-hydrogen) atoms. The SMILES string of the molecule is CCOc1ccc([C@@H]2c3c(n(C)c(=O)n(C)c3=O)N=C3c4ccccc4C(=O)[C@H]32)cc1. The first-order chi connectivity index (χ1) is 14.9. The number of hydrogen-bond donors (Lipinski definition) is 0. The van der Waals surface area contributed by atoms with Gasteiger partial charge in [0.2, 0.25) is 0 Å². The van der Waals surface area contributed by atoms with Gasteiger partial charge in [-0.05, 0) is 24.6 Å². The average Bonchev–Trinajstić information content (AvgIpc) is 3.08. The van der Waals surface area contributed by atoms with Gasteiger partial charge in [0.15, 0.2) is 5.78 Å². The van der Waals surface area contributed by atoms with Crippen LogP contribution in [0.1, 0.15) is 39.9 Å². The van der Waals surface area contributed by atoms with Crippen LogP contribution in [0.15, 0.2) is 63.1 Å². The zero-order valence-corrected chi connectivity index (χ0v) is 17.5. The molecule has 0 bridgehead atoms. The van der Waals surface area contributed by atoms with Crippen molar-refractivity contribution < 1.29 is 9.53 Å². The molecule has 1 aromatic heterocycles. The van der Waals surface area contributed by atoms with E-state index >= 15 is 0 Å². The highest BCUT2D eigenvalue weighted by Gasteiger charge is 2.47.